The maximum atomic E-state index is 13.2. The van der Waals surface area contributed by atoms with E-state index in [-0.39, 0.29) is 6.03 Å². The Labute approximate surface area is 212 Å². The van der Waals surface area contributed by atoms with Crippen molar-refractivity contribution in [2.45, 2.75) is 6.42 Å². The van der Waals surface area contributed by atoms with Gasteiger partial charge in [-0.15, -0.1) is 0 Å². The molecule has 0 radical (unpaired) electrons. The van der Waals surface area contributed by atoms with Gasteiger partial charge in [0.25, 0.3) is 0 Å². The van der Waals surface area contributed by atoms with Crippen molar-refractivity contribution in [1.29, 1.82) is 5.26 Å². The Kier molecular flexibility index (Phi) is 10.3. The predicted octanol–water partition coefficient (Wildman–Crippen LogP) is 3.11. The minimum absolute atomic E-state index is 0.295. The van der Waals surface area contributed by atoms with Gasteiger partial charge in [0.05, 0.1) is 24.8 Å². The summed E-state index contributed by atoms with van der Waals surface area (Å²) in [6.07, 6.45) is 0.566. The number of methoxy groups -OCH3 is 1. The molecule has 0 saturated carbocycles. The first-order valence-electron chi connectivity index (χ1n) is 12.0. The van der Waals surface area contributed by atoms with E-state index in [4.69, 9.17) is 9.47 Å². The number of rotatable bonds is 11. The van der Waals surface area contributed by atoms with Gasteiger partial charge < -0.3 is 25.0 Å². The standard InChI is InChI=1S/C27H33N5O4/c1-21(19-31-14-11-29-12-15-31)20-32(13-6-16-36-25-10-4-3-7-23(25)18-28)27(34)30-24-9-5-8-22(17-24)26(33)35-2/h3-5,7-10,17,29H,1,6,11-16,19-20H2,2H3,(H,30,34). The molecule has 1 aliphatic heterocycles. The molecule has 0 bridgehead atoms. The number of ether oxygens (including phenoxy) is 2. The van der Waals surface area contributed by atoms with Crippen LogP contribution in [0.5, 0.6) is 5.75 Å². The lowest BCUT2D eigenvalue weighted by molar-refractivity contribution is 0.0600. The summed E-state index contributed by atoms with van der Waals surface area (Å²) in [5, 5.41) is 15.5. The maximum Gasteiger partial charge on any atom is 0.337 e. The zero-order valence-electron chi connectivity index (χ0n) is 20.7. The van der Waals surface area contributed by atoms with Crippen LogP contribution in [0.25, 0.3) is 0 Å². The van der Waals surface area contributed by atoms with E-state index in [1.165, 1.54) is 7.11 Å². The van der Waals surface area contributed by atoms with Crippen LogP contribution in [0.2, 0.25) is 0 Å². The van der Waals surface area contributed by atoms with E-state index in [0.717, 1.165) is 38.3 Å². The van der Waals surface area contributed by atoms with Crippen molar-refractivity contribution in [3.8, 4) is 11.8 Å². The van der Waals surface area contributed by atoms with Crippen LogP contribution in [0.3, 0.4) is 0 Å². The van der Waals surface area contributed by atoms with Gasteiger partial charge in [-0.1, -0.05) is 24.8 Å². The van der Waals surface area contributed by atoms with Crippen molar-refractivity contribution >= 4 is 17.7 Å². The van der Waals surface area contributed by atoms with Gasteiger partial charge in [-0.3, -0.25) is 4.90 Å². The van der Waals surface area contributed by atoms with Crippen LogP contribution in [0.4, 0.5) is 10.5 Å². The monoisotopic (exact) mass is 491 g/mol. The fourth-order valence-corrected chi connectivity index (χ4v) is 3.92. The third kappa shape index (κ3) is 8.12. The number of hydrogen-bond acceptors (Lipinski definition) is 7. The quantitative estimate of drug-likeness (QED) is 0.283. The van der Waals surface area contributed by atoms with Crippen LogP contribution >= 0.6 is 0 Å². The summed E-state index contributed by atoms with van der Waals surface area (Å²) >= 11 is 0. The van der Waals surface area contributed by atoms with Crippen molar-refractivity contribution in [1.82, 2.24) is 15.1 Å². The highest BCUT2D eigenvalue weighted by molar-refractivity contribution is 5.94. The third-order valence-electron chi connectivity index (χ3n) is 5.73. The average Bonchev–Trinajstić information content (AvgIpc) is 2.90. The van der Waals surface area contributed by atoms with Gasteiger partial charge in [0, 0.05) is 51.5 Å². The number of esters is 1. The molecular formula is C27H33N5O4. The SMILES string of the molecule is C=C(CN1CCNCC1)CN(CCCOc1ccccc1C#N)C(=O)Nc1cccc(C(=O)OC)c1. The van der Waals surface area contributed by atoms with E-state index >= 15 is 0 Å². The smallest absolute Gasteiger partial charge is 0.337 e. The minimum atomic E-state index is -0.470. The Morgan fingerprint density at radius 2 is 1.97 bits per heavy atom. The lowest BCUT2D eigenvalue weighted by Crippen LogP contribution is -2.45. The van der Waals surface area contributed by atoms with Crippen molar-refractivity contribution in [3.05, 3.63) is 71.8 Å². The number of hydrogen-bond donors (Lipinski definition) is 2. The first-order chi connectivity index (χ1) is 17.5. The van der Waals surface area contributed by atoms with E-state index in [1.807, 2.05) is 6.07 Å². The van der Waals surface area contributed by atoms with Gasteiger partial charge in [0.1, 0.15) is 11.8 Å². The molecule has 1 saturated heterocycles. The maximum absolute atomic E-state index is 13.2. The molecular weight excluding hydrogens is 458 g/mol. The molecule has 9 heteroatoms. The summed E-state index contributed by atoms with van der Waals surface area (Å²) in [7, 11) is 1.32. The molecule has 2 aromatic rings. The van der Waals surface area contributed by atoms with E-state index in [0.29, 0.717) is 48.7 Å². The number of carbonyl (C=O) groups is 2. The first-order valence-corrected chi connectivity index (χ1v) is 12.0. The van der Waals surface area contributed by atoms with Crippen molar-refractivity contribution < 1.29 is 19.1 Å². The molecule has 0 atom stereocenters. The third-order valence-corrected chi connectivity index (χ3v) is 5.73. The first kappa shape index (κ1) is 26.7. The number of piperazine rings is 1. The Hall–Kier alpha value is -3.87. The van der Waals surface area contributed by atoms with Crippen molar-refractivity contribution in [2.75, 3.05) is 64.8 Å². The molecule has 0 aromatic heterocycles. The lowest BCUT2D eigenvalue weighted by Gasteiger charge is -2.30. The van der Waals surface area contributed by atoms with E-state index in [9.17, 15) is 14.9 Å². The van der Waals surface area contributed by atoms with Crippen molar-refractivity contribution in [3.63, 3.8) is 0 Å². The molecule has 9 nitrogen and oxygen atoms in total. The average molecular weight is 492 g/mol. The molecule has 2 N–H and O–H groups in total. The molecule has 190 valence electrons. The summed E-state index contributed by atoms with van der Waals surface area (Å²) in [6.45, 7) is 9.86. The molecule has 3 rings (SSSR count). The van der Waals surface area contributed by atoms with Gasteiger partial charge in [-0.05, 0) is 42.3 Å². The second-order valence-corrected chi connectivity index (χ2v) is 8.51. The van der Waals surface area contributed by atoms with E-state index in [1.54, 1.807) is 47.4 Å². The fraction of sp³-hybridized carbons (Fsp3) is 0.370. The molecule has 36 heavy (non-hydrogen) atoms. The Morgan fingerprint density at radius 3 is 2.72 bits per heavy atom. The molecule has 1 heterocycles. The van der Waals surface area contributed by atoms with Crippen molar-refractivity contribution in [2.24, 2.45) is 0 Å². The summed E-state index contributed by atoms with van der Waals surface area (Å²) in [5.41, 5.74) is 2.27. The fourth-order valence-electron chi connectivity index (χ4n) is 3.92. The highest BCUT2D eigenvalue weighted by Crippen LogP contribution is 2.17. The molecule has 0 aliphatic carbocycles. The number of para-hydroxylation sites is 1. The number of benzene rings is 2. The van der Waals surface area contributed by atoms with Gasteiger partial charge in [0.15, 0.2) is 0 Å². The van der Waals surface area contributed by atoms with Gasteiger partial charge in [0.2, 0.25) is 0 Å². The topological polar surface area (TPSA) is 107 Å². The van der Waals surface area contributed by atoms with Gasteiger partial charge in [-0.25, -0.2) is 9.59 Å². The van der Waals surface area contributed by atoms with Crippen LogP contribution in [0.1, 0.15) is 22.3 Å². The second kappa shape index (κ2) is 13.9. The molecule has 2 amide bonds. The highest BCUT2D eigenvalue weighted by Gasteiger charge is 2.18. The Morgan fingerprint density at radius 1 is 1.19 bits per heavy atom. The number of anilines is 1. The number of nitrogens with one attached hydrogen (secondary N) is 2. The molecule has 1 fully saturated rings. The Bertz CT molecular complexity index is 1090. The Balaban J connectivity index is 1.62. The summed E-state index contributed by atoms with van der Waals surface area (Å²) in [4.78, 5) is 29.1. The normalized spacial score (nSPS) is 13.3. The molecule has 0 spiro atoms. The number of urea groups is 1. The number of nitrogens with zero attached hydrogens (tertiary/aromatic N) is 3. The lowest BCUT2D eigenvalue weighted by atomic mass is 10.2. The summed E-state index contributed by atoms with van der Waals surface area (Å²) in [5.74, 6) is 0.0564. The largest absolute Gasteiger partial charge is 0.492 e. The number of amides is 2. The van der Waals surface area contributed by atoms with Crippen LogP contribution in [0, 0.1) is 11.3 Å². The zero-order chi connectivity index (χ0) is 25.8. The molecule has 2 aromatic carbocycles. The van der Waals surface area contributed by atoms with Gasteiger partial charge in [-0.2, -0.15) is 5.26 Å². The summed E-state index contributed by atoms with van der Waals surface area (Å²) in [6, 6.07) is 15.5. The zero-order valence-corrected chi connectivity index (χ0v) is 20.7. The second-order valence-electron chi connectivity index (χ2n) is 8.51. The van der Waals surface area contributed by atoms with Crippen LogP contribution in [-0.2, 0) is 4.74 Å². The number of carbonyl (C=O) groups excluding carboxylic acids is 2. The van der Waals surface area contributed by atoms with E-state index in [2.05, 4.69) is 28.2 Å². The molecule has 0 unspecified atom stereocenters. The number of nitriles is 1. The predicted molar refractivity (Wildman–Crippen MR) is 138 cm³/mol. The highest BCUT2D eigenvalue weighted by atomic mass is 16.5. The van der Waals surface area contributed by atoms with E-state index < -0.39 is 5.97 Å². The van der Waals surface area contributed by atoms with Gasteiger partial charge >= 0.3 is 12.0 Å². The van der Waals surface area contributed by atoms with Crippen LogP contribution in [-0.4, -0.2) is 81.3 Å². The van der Waals surface area contributed by atoms with Crippen LogP contribution in [0.15, 0.2) is 60.7 Å². The summed E-state index contributed by atoms with van der Waals surface area (Å²) < 4.78 is 10.6. The van der Waals surface area contributed by atoms with Crippen LogP contribution < -0.4 is 15.4 Å². The minimum Gasteiger partial charge on any atom is -0.492 e. The molecule has 1 aliphatic rings.